The fourth-order valence-corrected chi connectivity index (χ4v) is 2.82. The summed E-state index contributed by atoms with van der Waals surface area (Å²) in [6.07, 6.45) is 0. The minimum atomic E-state index is -0.616. The van der Waals surface area contributed by atoms with E-state index in [4.69, 9.17) is 17.3 Å². The summed E-state index contributed by atoms with van der Waals surface area (Å²) in [4.78, 5) is 16.1. The maximum Gasteiger partial charge on any atom is 0.240 e. The van der Waals surface area contributed by atoms with Crippen LogP contribution >= 0.6 is 27.5 Å². The van der Waals surface area contributed by atoms with E-state index in [1.807, 2.05) is 13.8 Å². The van der Waals surface area contributed by atoms with Gasteiger partial charge in [-0.25, -0.2) is 9.37 Å². The smallest absolute Gasteiger partial charge is 0.240 e. The molecule has 0 saturated carbocycles. The summed E-state index contributed by atoms with van der Waals surface area (Å²) < 4.78 is 15.7. The largest absolute Gasteiger partial charge is 0.368 e. The third-order valence-corrected chi connectivity index (χ3v) is 3.97. The van der Waals surface area contributed by atoms with Gasteiger partial charge < -0.3 is 10.3 Å². The van der Waals surface area contributed by atoms with Crippen LogP contribution in [0.25, 0.3) is 11.0 Å². The topological polar surface area (TPSA) is 60.9 Å². The molecule has 2 aromatic rings. The summed E-state index contributed by atoms with van der Waals surface area (Å²) in [5, 5.41) is 0. The Hall–Kier alpha value is -1.14. The van der Waals surface area contributed by atoms with Crippen LogP contribution in [0.2, 0.25) is 0 Å². The second-order valence-electron chi connectivity index (χ2n) is 4.88. The standard InChI is InChI=1S/C13H14BrClFN3O/c1-6(2)12(13(17)20)19-10-4-8(16)7(14)3-9(10)18-11(19)5-15/h3-4,6,12H,5H2,1-2H3,(H2,17,20). The van der Waals surface area contributed by atoms with Crippen molar-refractivity contribution in [3.8, 4) is 0 Å². The molecule has 2 rings (SSSR count). The van der Waals surface area contributed by atoms with Crippen molar-refractivity contribution < 1.29 is 9.18 Å². The van der Waals surface area contributed by atoms with Gasteiger partial charge in [-0.15, -0.1) is 11.6 Å². The highest BCUT2D eigenvalue weighted by atomic mass is 79.9. The van der Waals surface area contributed by atoms with Crippen LogP contribution < -0.4 is 5.73 Å². The Bertz CT molecular complexity index is 671. The molecule has 0 saturated heterocycles. The second kappa shape index (κ2) is 5.69. The van der Waals surface area contributed by atoms with Crippen molar-refractivity contribution in [2.45, 2.75) is 25.8 Å². The van der Waals surface area contributed by atoms with E-state index in [0.29, 0.717) is 21.3 Å². The Labute approximate surface area is 129 Å². The molecule has 1 atom stereocenters. The molecule has 0 aliphatic heterocycles. The number of carbonyl (C=O) groups is 1. The Morgan fingerprint density at radius 2 is 2.20 bits per heavy atom. The summed E-state index contributed by atoms with van der Waals surface area (Å²) in [7, 11) is 0. The number of halogens is 3. The quantitative estimate of drug-likeness (QED) is 0.848. The van der Waals surface area contributed by atoms with E-state index >= 15 is 0 Å². The Balaban J connectivity index is 2.78. The molecule has 1 unspecified atom stereocenters. The lowest BCUT2D eigenvalue weighted by Crippen LogP contribution is -2.31. The van der Waals surface area contributed by atoms with Gasteiger partial charge in [0.1, 0.15) is 17.7 Å². The number of carbonyl (C=O) groups excluding carboxylic acids is 1. The molecule has 0 radical (unpaired) electrons. The first-order valence-corrected chi connectivity index (χ1v) is 7.40. The van der Waals surface area contributed by atoms with Crippen molar-refractivity contribution in [1.82, 2.24) is 9.55 Å². The van der Waals surface area contributed by atoms with Gasteiger partial charge in [0.2, 0.25) is 5.91 Å². The van der Waals surface area contributed by atoms with Gasteiger partial charge in [-0.1, -0.05) is 13.8 Å². The molecule has 1 amide bonds. The normalized spacial score (nSPS) is 13.1. The SMILES string of the molecule is CC(C)C(C(N)=O)n1c(CCl)nc2cc(Br)c(F)cc21. The van der Waals surface area contributed by atoms with Gasteiger partial charge in [0.15, 0.2) is 0 Å². The Morgan fingerprint density at radius 1 is 1.55 bits per heavy atom. The molecule has 0 fully saturated rings. The summed E-state index contributed by atoms with van der Waals surface area (Å²) in [6, 6.07) is 2.28. The molecule has 0 spiro atoms. The molecule has 0 aliphatic carbocycles. The third-order valence-electron chi connectivity index (χ3n) is 3.13. The van der Waals surface area contributed by atoms with E-state index in [2.05, 4.69) is 20.9 Å². The fraction of sp³-hybridized carbons (Fsp3) is 0.385. The van der Waals surface area contributed by atoms with Crippen molar-refractivity contribution >= 4 is 44.5 Å². The number of rotatable bonds is 4. The molecule has 108 valence electrons. The number of primary amides is 1. The zero-order valence-electron chi connectivity index (χ0n) is 11.0. The van der Waals surface area contributed by atoms with Gasteiger partial charge in [-0.05, 0) is 27.9 Å². The molecule has 0 bridgehead atoms. The number of hydrogen-bond acceptors (Lipinski definition) is 2. The van der Waals surface area contributed by atoms with Crippen LogP contribution in [0, 0.1) is 11.7 Å². The number of amides is 1. The number of hydrogen-bond donors (Lipinski definition) is 1. The van der Waals surface area contributed by atoms with Crippen molar-refractivity contribution in [3.63, 3.8) is 0 Å². The fourth-order valence-electron chi connectivity index (χ4n) is 2.30. The highest BCUT2D eigenvalue weighted by Crippen LogP contribution is 2.30. The van der Waals surface area contributed by atoms with Crippen molar-refractivity contribution in [2.24, 2.45) is 11.7 Å². The van der Waals surface area contributed by atoms with E-state index in [1.54, 1.807) is 10.6 Å². The van der Waals surface area contributed by atoms with E-state index in [9.17, 15) is 9.18 Å². The molecule has 0 aliphatic rings. The predicted octanol–water partition coefficient (Wildman–Crippen LogP) is 3.36. The van der Waals surface area contributed by atoms with Crippen LogP contribution in [0.3, 0.4) is 0 Å². The number of fused-ring (bicyclic) bond motifs is 1. The molecule has 20 heavy (non-hydrogen) atoms. The van der Waals surface area contributed by atoms with Crippen LogP contribution in [0.15, 0.2) is 16.6 Å². The number of benzene rings is 1. The summed E-state index contributed by atoms with van der Waals surface area (Å²) in [5.41, 5.74) is 6.56. The number of alkyl halides is 1. The van der Waals surface area contributed by atoms with E-state index in [-0.39, 0.29) is 11.8 Å². The van der Waals surface area contributed by atoms with E-state index in [1.165, 1.54) is 6.07 Å². The molecule has 1 heterocycles. The minimum Gasteiger partial charge on any atom is -0.368 e. The molecule has 7 heteroatoms. The van der Waals surface area contributed by atoms with Gasteiger partial charge in [0, 0.05) is 6.07 Å². The maximum atomic E-state index is 13.8. The van der Waals surface area contributed by atoms with Crippen LogP contribution in [-0.2, 0) is 10.7 Å². The molecule has 1 aromatic heterocycles. The lowest BCUT2D eigenvalue weighted by molar-refractivity contribution is -0.122. The lowest BCUT2D eigenvalue weighted by Gasteiger charge is -2.21. The van der Waals surface area contributed by atoms with Gasteiger partial charge in [0.25, 0.3) is 0 Å². The first-order valence-electron chi connectivity index (χ1n) is 6.08. The predicted molar refractivity (Wildman–Crippen MR) is 80.0 cm³/mol. The molecule has 1 aromatic carbocycles. The first kappa shape index (κ1) is 15.3. The molecule has 4 nitrogen and oxygen atoms in total. The van der Waals surface area contributed by atoms with Crippen molar-refractivity contribution in [3.05, 3.63) is 28.2 Å². The Morgan fingerprint density at radius 3 is 2.70 bits per heavy atom. The van der Waals surface area contributed by atoms with Gasteiger partial charge >= 0.3 is 0 Å². The number of nitrogens with zero attached hydrogens (tertiary/aromatic N) is 2. The minimum absolute atomic E-state index is 0.0569. The molecular formula is C13H14BrClFN3O. The van der Waals surface area contributed by atoms with E-state index < -0.39 is 17.8 Å². The average Bonchev–Trinajstić information content (AvgIpc) is 2.67. The highest BCUT2D eigenvalue weighted by molar-refractivity contribution is 9.10. The zero-order chi connectivity index (χ0) is 15.0. The van der Waals surface area contributed by atoms with Gasteiger partial charge in [0.05, 0.1) is 21.4 Å². The molecular weight excluding hydrogens is 349 g/mol. The van der Waals surface area contributed by atoms with Crippen LogP contribution in [0.4, 0.5) is 4.39 Å². The average molecular weight is 363 g/mol. The van der Waals surface area contributed by atoms with Crippen LogP contribution in [0.1, 0.15) is 25.7 Å². The Kier molecular flexibility index (Phi) is 4.34. The summed E-state index contributed by atoms with van der Waals surface area (Å²) >= 11 is 9.01. The lowest BCUT2D eigenvalue weighted by atomic mass is 10.0. The zero-order valence-corrected chi connectivity index (χ0v) is 13.4. The highest BCUT2D eigenvalue weighted by Gasteiger charge is 2.26. The first-order chi connectivity index (χ1) is 9.36. The van der Waals surface area contributed by atoms with Crippen molar-refractivity contribution in [1.29, 1.82) is 0 Å². The third kappa shape index (κ3) is 2.54. The van der Waals surface area contributed by atoms with Gasteiger partial charge in [-0.2, -0.15) is 0 Å². The maximum absolute atomic E-state index is 13.8. The second-order valence-corrected chi connectivity index (χ2v) is 6.00. The number of nitrogens with two attached hydrogens (primary N) is 1. The van der Waals surface area contributed by atoms with Crippen molar-refractivity contribution in [2.75, 3.05) is 0 Å². The molecule has 2 N–H and O–H groups in total. The monoisotopic (exact) mass is 361 g/mol. The summed E-state index contributed by atoms with van der Waals surface area (Å²) in [6.45, 7) is 3.74. The number of aromatic nitrogens is 2. The number of imidazole rings is 1. The van der Waals surface area contributed by atoms with Gasteiger partial charge in [-0.3, -0.25) is 4.79 Å². The van der Waals surface area contributed by atoms with Crippen LogP contribution in [-0.4, -0.2) is 15.5 Å². The van der Waals surface area contributed by atoms with E-state index in [0.717, 1.165) is 0 Å². The summed E-state index contributed by atoms with van der Waals surface area (Å²) in [5.74, 6) is -0.360. The van der Waals surface area contributed by atoms with Crippen LogP contribution in [0.5, 0.6) is 0 Å².